The molecule has 0 aliphatic carbocycles. The van der Waals surface area contributed by atoms with Gasteiger partial charge in [-0.1, -0.05) is 0 Å². The maximum absolute atomic E-state index is 12.2. The zero-order valence-electron chi connectivity index (χ0n) is 13.0. The van der Waals surface area contributed by atoms with Crippen molar-refractivity contribution in [1.82, 2.24) is 5.32 Å². The van der Waals surface area contributed by atoms with E-state index in [-0.39, 0.29) is 11.8 Å². The molecule has 2 atom stereocenters. The monoisotopic (exact) mass is 319 g/mol. The molecule has 0 spiro atoms. The highest BCUT2D eigenvalue weighted by atomic mass is 16.5. The Kier molecular flexibility index (Phi) is 4.49. The van der Waals surface area contributed by atoms with Gasteiger partial charge < -0.3 is 25.4 Å². The second kappa shape index (κ2) is 6.55. The van der Waals surface area contributed by atoms with E-state index in [1.807, 2.05) is 0 Å². The SMILES string of the molecule is COc1cc(NC(=O)C2CC(O)CN2)ccc1N1CCCC1=O. The second-order valence-electron chi connectivity index (χ2n) is 5.88. The van der Waals surface area contributed by atoms with Crippen LogP contribution >= 0.6 is 0 Å². The van der Waals surface area contributed by atoms with Crippen molar-refractivity contribution in [1.29, 1.82) is 0 Å². The number of ether oxygens (including phenoxy) is 1. The molecule has 2 saturated heterocycles. The third-order valence-corrected chi connectivity index (χ3v) is 4.24. The summed E-state index contributed by atoms with van der Waals surface area (Å²) in [5, 5.41) is 15.3. The van der Waals surface area contributed by atoms with Crippen molar-refractivity contribution in [2.75, 3.05) is 30.4 Å². The zero-order valence-corrected chi connectivity index (χ0v) is 13.0. The van der Waals surface area contributed by atoms with Crippen LogP contribution in [0.25, 0.3) is 0 Å². The van der Waals surface area contributed by atoms with Crippen molar-refractivity contribution in [3.05, 3.63) is 18.2 Å². The normalized spacial score (nSPS) is 24.1. The molecule has 2 heterocycles. The Labute approximate surface area is 134 Å². The van der Waals surface area contributed by atoms with Crippen molar-refractivity contribution >= 4 is 23.2 Å². The number of carbonyl (C=O) groups is 2. The highest BCUT2D eigenvalue weighted by molar-refractivity contribution is 5.98. The lowest BCUT2D eigenvalue weighted by atomic mass is 10.2. The molecule has 124 valence electrons. The van der Waals surface area contributed by atoms with Crippen LogP contribution in [0.1, 0.15) is 19.3 Å². The summed E-state index contributed by atoms with van der Waals surface area (Å²) >= 11 is 0. The van der Waals surface area contributed by atoms with E-state index < -0.39 is 12.1 Å². The van der Waals surface area contributed by atoms with Crippen LogP contribution in [-0.2, 0) is 9.59 Å². The molecule has 3 rings (SSSR count). The van der Waals surface area contributed by atoms with Crippen molar-refractivity contribution < 1.29 is 19.4 Å². The standard InChI is InChI=1S/C16H21N3O4/c1-23-14-7-10(18-16(22)12-8-11(20)9-17-12)4-5-13(14)19-6-2-3-15(19)21/h4-5,7,11-12,17,20H,2-3,6,8-9H2,1H3,(H,18,22). The van der Waals surface area contributed by atoms with E-state index in [1.165, 1.54) is 0 Å². The Hall–Kier alpha value is -2.12. The molecule has 23 heavy (non-hydrogen) atoms. The predicted octanol–water partition coefficient (Wildman–Crippen LogP) is 0.483. The second-order valence-corrected chi connectivity index (χ2v) is 5.88. The van der Waals surface area contributed by atoms with E-state index in [0.717, 1.165) is 12.1 Å². The van der Waals surface area contributed by atoms with Crippen LogP contribution in [0.3, 0.4) is 0 Å². The summed E-state index contributed by atoms with van der Waals surface area (Å²) in [6, 6.07) is 4.86. The Morgan fingerprint density at radius 2 is 2.30 bits per heavy atom. The fraction of sp³-hybridized carbons (Fsp3) is 0.500. The number of hydrogen-bond acceptors (Lipinski definition) is 5. The predicted molar refractivity (Wildman–Crippen MR) is 85.6 cm³/mol. The van der Waals surface area contributed by atoms with Gasteiger partial charge in [-0.25, -0.2) is 0 Å². The van der Waals surface area contributed by atoms with Gasteiger partial charge in [0.2, 0.25) is 11.8 Å². The molecule has 2 aliphatic heterocycles. The molecule has 0 saturated carbocycles. The maximum Gasteiger partial charge on any atom is 0.241 e. The van der Waals surface area contributed by atoms with Crippen LogP contribution in [0.2, 0.25) is 0 Å². The van der Waals surface area contributed by atoms with Crippen molar-refractivity contribution in [3.8, 4) is 5.75 Å². The van der Waals surface area contributed by atoms with Crippen molar-refractivity contribution in [2.24, 2.45) is 0 Å². The van der Waals surface area contributed by atoms with Gasteiger partial charge in [0.1, 0.15) is 5.75 Å². The lowest BCUT2D eigenvalue weighted by Crippen LogP contribution is -2.35. The molecule has 7 heteroatoms. The summed E-state index contributed by atoms with van der Waals surface area (Å²) < 4.78 is 5.37. The number of hydrogen-bond donors (Lipinski definition) is 3. The fourth-order valence-corrected chi connectivity index (χ4v) is 3.03. The summed E-state index contributed by atoms with van der Waals surface area (Å²) in [6.07, 6.45) is 1.32. The molecule has 0 bridgehead atoms. The van der Waals surface area contributed by atoms with E-state index in [4.69, 9.17) is 4.74 Å². The van der Waals surface area contributed by atoms with E-state index >= 15 is 0 Å². The van der Waals surface area contributed by atoms with Gasteiger partial charge in [0, 0.05) is 31.3 Å². The molecular weight excluding hydrogens is 298 g/mol. The Bertz CT molecular complexity index is 619. The average molecular weight is 319 g/mol. The third kappa shape index (κ3) is 3.30. The number of β-amino-alcohol motifs (C(OH)–C–C–N with tert-alkyl or cyclic N) is 1. The quantitative estimate of drug-likeness (QED) is 0.751. The van der Waals surface area contributed by atoms with Crippen LogP contribution in [0.15, 0.2) is 18.2 Å². The highest BCUT2D eigenvalue weighted by Gasteiger charge is 2.28. The minimum atomic E-state index is -0.483. The van der Waals surface area contributed by atoms with Gasteiger partial charge in [-0.2, -0.15) is 0 Å². The number of aliphatic hydroxyl groups excluding tert-OH is 1. The fourth-order valence-electron chi connectivity index (χ4n) is 3.03. The number of anilines is 2. The third-order valence-electron chi connectivity index (χ3n) is 4.24. The molecule has 7 nitrogen and oxygen atoms in total. The van der Waals surface area contributed by atoms with Crippen LogP contribution in [-0.4, -0.2) is 49.3 Å². The summed E-state index contributed by atoms with van der Waals surface area (Å²) in [5.74, 6) is 0.454. The van der Waals surface area contributed by atoms with E-state index in [1.54, 1.807) is 30.2 Å². The van der Waals surface area contributed by atoms with Crippen LogP contribution < -0.4 is 20.3 Å². The van der Waals surface area contributed by atoms with E-state index in [9.17, 15) is 14.7 Å². The number of carbonyl (C=O) groups excluding carboxylic acids is 2. The number of nitrogens with one attached hydrogen (secondary N) is 2. The first kappa shape index (κ1) is 15.8. The highest BCUT2D eigenvalue weighted by Crippen LogP contribution is 2.33. The minimum absolute atomic E-state index is 0.0872. The van der Waals surface area contributed by atoms with Gasteiger partial charge in [0.15, 0.2) is 0 Å². The van der Waals surface area contributed by atoms with Crippen molar-refractivity contribution in [3.63, 3.8) is 0 Å². The Morgan fingerprint density at radius 3 is 2.91 bits per heavy atom. The number of aliphatic hydroxyl groups is 1. The average Bonchev–Trinajstić information content (AvgIpc) is 3.16. The smallest absolute Gasteiger partial charge is 0.241 e. The zero-order chi connectivity index (χ0) is 16.4. The summed E-state index contributed by atoms with van der Waals surface area (Å²) in [6.45, 7) is 1.11. The molecule has 0 aromatic heterocycles. The first-order chi connectivity index (χ1) is 11.1. The first-order valence-electron chi connectivity index (χ1n) is 7.79. The minimum Gasteiger partial charge on any atom is -0.494 e. The van der Waals surface area contributed by atoms with Gasteiger partial charge in [-0.15, -0.1) is 0 Å². The number of nitrogens with zero attached hydrogens (tertiary/aromatic N) is 1. The van der Waals surface area contributed by atoms with Gasteiger partial charge in [0.05, 0.1) is 24.9 Å². The number of rotatable bonds is 4. The Morgan fingerprint density at radius 1 is 1.48 bits per heavy atom. The van der Waals surface area contributed by atoms with E-state index in [0.29, 0.717) is 37.4 Å². The lowest BCUT2D eigenvalue weighted by Gasteiger charge is -2.20. The van der Waals surface area contributed by atoms with Crippen molar-refractivity contribution in [2.45, 2.75) is 31.4 Å². The summed E-state index contributed by atoms with van der Waals surface area (Å²) in [5.41, 5.74) is 1.33. The van der Waals surface area contributed by atoms with Gasteiger partial charge >= 0.3 is 0 Å². The summed E-state index contributed by atoms with van der Waals surface area (Å²) in [4.78, 5) is 25.7. The topological polar surface area (TPSA) is 90.9 Å². The lowest BCUT2D eigenvalue weighted by molar-refractivity contribution is -0.118. The molecule has 3 N–H and O–H groups in total. The van der Waals surface area contributed by atoms with Gasteiger partial charge in [0.25, 0.3) is 0 Å². The molecule has 2 unspecified atom stereocenters. The molecule has 0 radical (unpaired) electrons. The first-order valence-corrected chi connectivity index (χ1v) is 7.79. The van der Waals surface area contributed by atoms with Crippen LogP contribution in [0, 0.1) is 0 Å². The molecule has 2 aliphatic rings. The Balaban J connectivity index is 1.74. The number of methoxy groups -OCH3 is 1. The number of benzene rings is 1. The van der Waals surface area contributed by atoms with Crippen LogP contribution in [0.4, 0.5) is 11.4 Å². The number of amides is 2. The van der Waals surface area contributed by atoms with Gasteiger partial charge in [-0.3, -0.25) is 9.59 Å². The summed E-state index contributed by atoms with van der Waals surface area (Å²) in [7, 11) is 1.54. The molecule has 2 fully saturated rings. The van der Waals surface area contributed by atoms with E-state index in [2.05, 4.69) is 10.6 Å². The maximum atomic E-state index is 12.2. The molecule has 1 aromatic rings. The molecule has 1 aromatic carbocycles. The van der Waals surface area contributed by atoms with Gasteiger partial charge in [-0.05, 0) is 25.0 Å². The van der Waals surface area contributed by atoms with Crippen LogP contribution in [0.5, 0.6) is 5.75 Å². The largest absolute Gasteiger partial charge is 0.494 e. The molecular formula is C16H21N3O4. The molecule has 2 amide bonds.